The summed E-state index contributed by atoms with van der Waals surface area (Å²) < 4.78 is 5.39. The maximum atomic E-state index is 13.4. The van der Waals surface area contributed by atoms with Crippen molar-refractivity contribution in [3.05, 3.63) is 23.8 Å². The van der Waals surface area contributed by atoms with E-state index in [9.17, 15) is 19.8 Å². The maximum Gasteiger partial charge on any atom is 0.325 e. The lowest BCUT2D eigenvalue weighted by Crippen LogP contribution is -2.59. The molecule has 1 aliphatic heterocycles. The number of rotatable bonds is 13. The Labute approximate surface area is 181 Å². The fraction of sp³-hybridized carbons (Fsp3) is 0.739. The Kier molecular flexibility index (Phi) is 9.72. The van der Waals surface area contributed by atoms with Crippen LogP contribution in [0.25, 0.3) is 0 Å². The van der Waals surface area contributed by atoms with Crippen LogP contribution in [0.15, 0.2) is 23.8 Å². The van der Waals surface area contributed by atoms with Crippen LogP contribution in [0, 0.1) is 5.92 Å². The van der Waals surface area contributed by atoms with Gasteiger partial charge < -0.3 is 14.9 Å². The second-order valence-corrected chi connectivity index (χ2v) is 8.85. The Morgan fingerprint density at radius 3 is 2.37 bits per heavy atom. The summed E-state index contributed by atoms with van der Waals surface area (Å²) >= 11 is 0. The van der Waals surface area contributed by atoms with Crippen molar-refractivity contribution in [1.82, 2.24) is 9.80 Å². The third kappa shape index (κ3) is 5.13. The maximum absolute atomic E-state index is 13.4. The first-order valence-corrected chi connectivity index (χ1v) is 10.7. The van der Waals surface area contributed by atoms with Crippen molar-refractivity contribution >= 4 is 11.8 Å². The molecule has 1 fully saturated rings. The zero-order valence-corrected chi connectivity index (χ0v) is 19.5. The molecule has 7 nitrogen and oxygen atoms in total. The normalized spacial score (nSPS) is 24.8. The van der Waals surface area contributed by atoms with Crippen LogP contribution in [-0.4, -0.2) is 70.1 Å². The van der Waals surface area contributed by atoms with Gasteiger partial charge in [0.1, 0.15) is 13.5 Å². The van der Waals surface area contributed by atoms with Crippen LogP contribution < -0.4 is 0 Å². The molecule has 2 amide bonds. The molecule has 0 aliphatic carbocycles. The average molecular weight is 425 g/mol. The number of nitrogens with zero attached hydrogens (tertiary/aromatic N) is 2. The second-order valence-electron chi connectivity index (χ2n) is 8.85. The van der Waals surface area contributed by atoms with E-state index in [-0.39, 0.29) is 31.6 Å². The number of carbonyl (C=O) groups is 2. The number of methoxy groups -OCH3 is 1. The Morgan fingerprint density at radius 2 is 1.93 bits per heavy atom. The van der Waals surface area contributed by atoms with Gasteiger partial charge in [0.05, 0.1) is 11.1 Å². The molecule has 0 aromatic carbocycles. The zero-order valence-electron chi connectivity index (χ0n) is 19.5. The van der Waals surface area contributed by atoms with Crippen molar-refractivity contribution in [2.45, 2.75) is 77.8 Å². The Balaban J connectivity index is 3.76. The van der Waals surface area contributed by atoms with Crippen molar-refractivity contribution in [1.29, 1.82) is 0 Å². The van der Waals surface area contributed by atoms with Gasteiger partial charge in [-0.05, 0) is 57.1 Å². The fourth-order valence-electron chi connectivity index (χ4n) is 4.82. The van der Waals surface area contributed by atoms with Gasteiger partial charge in [0.2, 0.25) is 0 Å². The van der Waals surface area contributed by atoms with Gasteiger partial charge in [-0.1, -0.05) is 39.3 Å². The summed E-state index contributed by atoms with van der Waals surface area (Å²) in [6, 6.07) is -0.337. The molecule has 1 aliphatic rings. The fourth-order valence-corrected chi connectivity index (χ4v) is 4.82. The van der Waals surface area contributed by atoms with Gasteiger partial charge >= 0.3 is 6.03 Å². The molecule has 0 bridgehead atoms. The Morgan fingerprint density at radius 1 is 1.30 bits per heavy atom. The zero-order chi connectivity index (χ0) is 23.1. The molecule has 2 unspecified atom stereocenters. The molecular formula is C23H40N2O5. The van der Waals surface area contributed by atoms with E-state index in [0.29, 0.717) is 24.3 Å². The lowest BCUT2D eigenvalue weighted by atomic mass is 9.69. The SMILES string of the molecule is C=C(CC(C)C)CC1(CCC)N(COC)C(=O)N(CO)C1(C)C=C(CCO)C(C)=O. The van der Waals surface area contributed by atoms with Gasteiger partial charge in [0.15, 0.2) is 5.78 Å². The molecule has 2 N–H and O–H groups in total. The molecule has 0 saturated carbocycles. The lowest BCUT2D eigenvalue weighted by Gasteiger charge is -2.48. The minimum absolute atomic E-state index is 0.0725. The third-order valence-electron chi connectivity index (χ3n) is 6.07. The molecule has 1 saturated heterocycles. The van der Waals surface area contributed by atoms with Crippen molar-refractivity contribution < 1.29 is 24.5 Å². The molecule has 0 spiro atoms. The molecule has 30 heavy (non-hydrogen) atoms. The third-order valence-corrected chi connectivity index (χ3v) is 6.07. The first kappa shape index (κ1) is 26.3. The standard InChI is InChI=1S/C23H40N2O5/c1-8-10-23(13-18(4)12-17(2)3)22(6,14-20(9-11-26)19(5)28)24(15-27)21(29)25(23)16-30-7/h14,17,26-27H,4,8-13,15-16H2,1-3,5-7H3. The van der Waals surface area contributed by atoms with Crippen LogP contribution in [-0.2, 0) is 9.53 Å². The van der Waals surface area contributed by atoms with Gasteiger partial charge in [-0.2, -0.15) is 0 Å². The Bertz CT molecular complexity index is 660. The van der Waals surface area contributed by atoms with E-state index in [4.69, 9.17) is 4.74 Å². The molecule has 2 atom stereocenters. The summed E-state index contributed by atoms with van der Waals surface area (Å²) in [6.07, 6.45) is 4.75. The van der Waals surface area contributed by atoms with E-state index in [1.807, 2.05) is 13.8 Å². The number of ether oxygens (including phenoxy) is 1. The molecule has 0 aromatic rings. The summed E-state index contributed by atoms with van der Waals surface area (Å²) in [5.41, 5.74) is -0.276. The van der Waals surface area contributed by atoms with Gasteiger partial charge in [0, 0.05) is 13.7 Å². The highest BCUT2D eigenvalue weighted by Crippen LogP contribution is 2.50. The number of amides is 2. The summed E-state index contributed by atoms with van der Waals surface area (Å²) in [6.45, 7) is 13.3. The van der Waals surface area contributed by atoms with Gasteiger partial charge in [-0.3, -0.25) is 14.6 Å². The number of hydrogen-bond acceptors (Lipinski definition) is 5. The van der Waals surface area contributed by atoms with E-state index in [1.165, 1.54) is 18.9 Å². The summed E-state index contributed by atoms with van der Waals surface area (Å²) in [5, 5.41) is 19.6. The monoisotopic (exact) mass is 424 g/mol. The van der Waals surface area contributed by atoms with Crippen LogP contribution in [0.2, 0.25) is 0 Å². The van der Waals surface area contributed by atoms with Crippen molar-refractivity contribution in [3.63, 3.8) is 0 Å². The largest absolute Gasteiger partial charge is 0.396 e. The number of aliphatic hydroxyl groups excluding tert-OH is 2. The minimum Gasteiger partial charge on any atom is -0.396 e. The quantitative estimate of drug-likeness (QED) is 0.349. The van der Waals surface area contributed by atoms with E-state index in [1.54, 1.807) is 11.0 Å². The van der Waals surface area contributed by atoms with E-state index in [2.05, 4.69) is 20.4 Å². The predicted molar refractivity (Wildman–Crippen MR) is 118 cm³/mol. The smallest absolute Gasteiger partial charge is 0.325 e. The van der Waals surface area contributed by atoms with Crippen molar-refractivity contribution in [2.24, 2.45) is 5.92 Å². The first-order chi connectivity index (χ1) is 14.0. The Hall–Kier alpha value is -1.70. The molecule has 1 heterocycles. The van der Waals surface area contributed by atoms with E-state index in [0.717, 1.165) is 18.4 Å². The van der Waals surface area contributed by atoms with Gasteiger partial charge in [-0.15, -0.1) is 0 Å². The first-order valence-electron chi connectivity index (χ1n) is 10.7. The number of urea groups is 1. The van der Waals surface area contributed by atoms with Crippen LogP contribution in [0.3, 0.4) is 0 Å². The second kappa shape index (κ2) is 11.1. The lowest BCUT2D eigenvalue weighted by molar-refractivity contribution is -0.114. The van der Waals surface area contributed by atoms with Crippen molar-refractivity contribution in [2.75, 3.05) is 27.2 Å². The number of hydrogen-bond donors (Lipinski definition) is 2. The van der Waals surface area contributed by atoms with Crippen LogP contribution in [0.1, 0.15) is 66.7 Å². The number of aliphatic hydroxyl groups is 2. The molecule has 7 heteroatoms. The van der Waals surface area contributed by atoms with E-state index >= 15 is 0 Å². The summed E-state index contributed by atoms with van der Waals surface area (Å²) in [7, 11) is 1.54. The average Bonchev–Trinajstić information content (AvgIpc) is 2.79. The van der Waals surface area contributed by atoms with E-state index < -0.39 is 17.8 Å². The molecule has 172 valence electrons. The van der Waals surface area contributed by atoms with Crippen LogP contribution in [0.5, 0.6) is 0 Å². The minimum atomic E-state index is -0.983. The molecule has 1 rings (SSSR count). The number of carbonyl (C=O) groups excluding carboxylic acids is 2. The summed E-state index contributed by atoms with van der Waals surface area (Å²) in [5.74, 6) is 0.259. The van der Waals surface area contributed by atoms with Gasteiger partial charge in [-0.25, -0.2) is 4.79 Å². The highest BCUT2D eigenvalue weighted by molar-refractivity contribution is 5.94. The topological polar surface area (TPSA) is 90.3 Å². The van der Waals surface area contributed by atoms with Gasteiger partial charge in [0.25, 0.3) is 0 Å². The molecule has 0 radical (unpaired) electrons. The summed E-state index contributed by atoms with van der Waals surface area (Å²) in [4.78, 5) is 28.7. The number of Topliss-reactive ketones (excluding diaryl/α,β-unsaturated/α-hetero) is 1. The molecular weight excluding hydrogens is 384 g/mol. The number of ketones is 1. The van der Waals surface area contributed by atoms with Crippen LogP contribution in [0.4, 0.5) is 4.79 Å². The van der Waals surface area contributed by atoms with Crippen LogP contribution >= 0.6 is 0 Å². The molecule has 0 aromatic heterocycles. The highest BCUT2D eigenvalue weighted by Gasteiger charge is 2.63. The highest BCUT2D eigenvalue weighted by atomic mass is 16.5. The van der Waals surface area contributed by atoms with Crippen molar-refractivity contribution in [3.8, 4) is 0 Å². The predicted octanol–water partition coefficient (Wildman–Crippen LogP) is 3.47.